The van der Waals surface area contributed by atoms with Crippen molar-refractivity contribution >= 4 is 64.9 Å². The number of hydrogen-bond acceptors (Lipinski definition) is 1. The van der Waals surface area contributed by atoms with Gasteiger partial charge in [0.25, 0.3) is 0 Å². The van der Waals surface area contributed by atoms with Crippen LogP contribution in [-0.2, 0) is 0 Å². The first-order chi connectivity index (χ1) is 27.2. The molecule has 11 aromatic rings. The van der Waals surface area contributed by atoms with Crippen molar-refractivity contribution in [2.75, 3.05) is 7.11 Å². The predicted octanol–water partition coefficient (Wildman–Crippen LogP) is 14.4. The SMILES string of the molecule is COc1ccc2cc(-c3c4ccccc4c(-c4cccc(-c5ccc6c(c5)c5ccccc5n6-c5ccc6ccccc6c5)c4)c4ccccc34)ccc2c1. The van der Waals surface area contributed by atoms with Crippen LogP contribution in [-0.4, -0.2) is 11.7 Å². The van der Waals surface area contributed by atoms with Crippen LogP contribution in [0.5, 0.6) is 5.75 Å². The minimum atomic E-state index is 0.871. The van der Waals surface area contributed by atoms with Crippen molar-refractivity contribution in [3.05, 3.63) is 194 Å². The van der Waals surface area contributed by atoms with Crippen LogP contribution < -0.4 is 4.74 Å². The number of fused-ring (bicyclic) bond motifs is 7. The second-order valence-corrected chi connectivity index (χ2v) is 14.5. The van der Waals surface area contributed by atoms with Gasteiger partial charge in [-0.15, -0.1) is 0 Å². The highest BCUT2D eigenvalue weighted by molar-refractivity contribution is 6.22. The molecule has 0 bridgehead atoms. The molecule has 0 aliphatic heterocycles. The van der Waals surface area contributed by atoms with E-state index in [4.69, 9.17) is 4.74 Å². The molecule has 0 radical (unpaired) electrons. The van der Waals surface area contributed by atoms with Crippen molar-refractivity contribution in [2.45, 2.75) is 0 Å². The second-order valence-electron chi connectivity index (χ2n) is 14.5. The van der Waals surface area contributed by atoms with Gasteiger partial charge in [0.2, 0.25) is 0 Å². The molecule has 258 valence electrons. The number of nitrogens with zero attached hydrogens (tertiary/aromatic N) is 1. The van der Waals surface area contributed by atoms with Crippen LogP contribution in [0.1, 0.15) is 0 Å². The minimum absolute atomic E-state index is 0.871. The molecule has 2 nitrogen and oxygen atoms in total. The third kappa shape index (κ3) is 5.03. The van der Waals surface area contributed by atoms with E-state index < -0.39 is 0 Å². The molecular weight excluding hydrogens is 667 g/mol. The molecule has 0 aliphatic carbocycles. The molecule has 10 aromatic carbocycles. The smallest absolute Gasteiger partial charge is 0.119 e. The molecule has 11 rings (SSSR count). The molecule has 1 heterocycles. The highest BCUT2D eigenvalue weighted by Gasteiger charge is 2.18. The van der Waals surface area contributed by atoms with Gasteiger partial charge in [-0.25, -0.2) is 0 Å². The molecule has 55 heavy (non-hydrogen) atoms. The Morgan fingerprint density at radius 3 is 1.60 bits per heavy atom. The van der Waals surface area contributed by atoms with Gasteiger partial charge in [0, 0.05) is 16.5 Å². The third-order valence-electron chi connectivity index (χ3n) is 11.4. The van der Waals surface area contributed by atoms with Crippen LogP contribution in [0.4, 0.5) is 0 Å². The largest absolute Gasteiger partial charge is 0.497 e. The monoisotopic (exact) mass is 701 g/mol. The molecule has 0 spiro atoms. The number of methoxy groups -OCH3 is 1. The fourth-order valence-corrected chi connectivity index (χ4v) is 8.86. The molecule has 0 fully saturated rings. The Balaban J connectivity index is 1.08. The molecule has 0 unspecified atom stereocenters. The van der Waals surface area contributed by atoms with E-state index in [1.54, 1.807) is 7.11 Å². The quantitative estimate of drug-likeness (QED) is 0.163. The van der Waals surface area contributed by atoms with Gasteiger partial charge >= 0.3 is 0 Å². The maximum Gasteiger partial charge on any atom is 0.119 e. The number of hydrogen-bond donors (Lipinski definition) is 0. The van der Waals surface area contributed by atoms with Gasteiger partial charge in [0.1, 0.15) is 5.75 Å². The average Bonchev–Trinajstić information content (AvgIpc) is 3.58. The number of benzene rings is 10. The maximum atomic E-state index is 5.51. The minimum Gasteiger partial charge on any atom is -0.497 e. The maximum absolute atomic E-state index is 5.51. The fourth-order valence-electron chi connectivity index (χ4n) is 8.86. The van der Waals surface area contributed by atoms with E-state index in [-0.39, 0.29) is 0 Å². The summed E-state index contributed by atoms with van der Waals surface area (Å²) >= 11 is 0. The van der Waals surface area contributed by atoms with Crippen molar-refractivity contribution in [1.29, 1.82) is 0 Å². The second kappa shape index (κ2) is 12.5. The number of aromatic nitrogens is 1. The van der Waals surface area contributed by atoms with E-state index in [2.05, 4.69) is 193 Å². The summed E-state index contributed by atoms with van der Waals surface area (Å²) in [6, 6.07) is 71.1. The molecule has 0 saturated heterocycles. The zero-order valence-electron chi connectivity index (χ0n) is 30.3. The van der Waals surface area contributed by atoms with Gasteiger partial charge in [-0.1, -0.05) is 140 Å². The summed E-state index contributed by atoms with van der Waals surface area (Å²) < 4.78 is 7.91. The van der Waals surface area contributed by atoms with E-state index in [1.807, 2.05) is 6.07 Å². The van der Waals surface area contributed by atoms with Gasteiger partial charge in [0.15, 0.2) is 0 Å². The van der Waals surface area contributed by atoms with Crippen LogP contribution in [0.25, 0.3) is 104 Å². The highest BCUT2D eigenvalue weighted by atomic mass is 16.5. The summed E-state index contributed by atoms with van der Waals surface area (Å²) in [6.45, 7) is 0. The molecule has 0 atom stereocenters. The third-order valence-corrected chi connectivity index (χ3v) is 11.4. The van der Waals surface area contributed by atoms with Crippen molar-refractivity contribution in [3.8, 4) is 44.8 Å². The first-order valence-electron chi connectivity index (χ1n) is 18.9. The Bertz CT molecular complexity index is 3260. The van der Waals surface area contributed by atoms with Gasteiger partial charge < -0.3 is 9.30 Å². The van der Waals surface area contributed by atoms with Crippen LogP contribution in [0.3, 0.4) is 0 Å². The summed E-state index contributed by atoms with van der Waals surface area (Å²) in [5.41, 5.74) is 10.9. The van der Waals surface area contributed by atoms with Crippen molar-refractivity contribution in [2.24, 2.45) is 0 Å². The summed E-state index contributed by atoms with van der Waals surface area (Å²) in [4.78, 5) is 0. The predicted molar refractivity (Wildman–Crippen MR) is 234 cm³/mol. The van der Waals surface area contributed by atoms with E-state index in [0.717, 1.165) is 5.75 Å². The molecule has 0 saturated carbocycles. The Labute approximate surface area is 319 Å². The van der Waals surface area contributed by atoms with Crippen LogP contribution in [0, 0.1) is 0 Å². The van der Waals surface area contributed by atoms with Gasteiger partial charge in [-0.05, 0) is 131 Å². The van der Waals surface area contributed by atoms with Gasteiger partial charge in [-0.3, -0.25) is 0 Å². The zero-order valence-corrected chi connectivity index (χ0v) is 30.3. The van der Waals surface area contributed by atoms with Crippen molar-refractivity contribution < 1.29 is 4.74 Å². The summed E-state index contributed by atoms with van der Waals surface area (Å²) in [5, 5.41) is 12.3. The Morgan fingerprint density at radius 1 is 0.327 bits per heavy atom. The summed E-state index contributed by atoms with van der Waals surface area (Å²) in [6.07, 6.45) is 0. The summed E-state index contributed by atoms with van der Waals surface area (Å²) in [7, 11) is 1.72. The molecule has 0 aliphatic rings. The lowest BCUT2D eigenvalue weighted by Crippen LogP contribution is -1.93. The van der Waals surface area contributed by atoms with Crippen molar-refractivity contribution in [1.82, 2.24) is 4.57 Å². The highest BCUT2D eigenvalue weighted by Crippen LogP contribution is 2.45. The lowest BCUT2D eigenvalue weighted by Gasteiger charge is -2.18. The van der Waals surface area contributed by atoms with E-state index in [9.17, 15) is 0 Å². The van der Waals surface area contributed by atoms with Crippen LogP contribution in [0.2, 0.25) is 0 Å². The molecule has 1 aromatic heterocycles. The van der Waals surface area contributed by atoms with Crippen LogP contribution in [0.15, 0.2) is 194 Å². The number of ether oxygens (including phenoxy) is 1. The molecule has 0 N–H and O–H groups in total. The number of rotatable bonds is 5. The average molecular weight is 702 g/mol. The van der Waals surface area contributed by atoms with Gasteiger partial charge in [0.05, 0.1) is 18.1 Å². The molecular formula is C53H35NO. The first-order valence-corrected chi connectivity index (χ1v) is 18.9. The Hall–Kier alpha value is -7.16. The number of para-hydroxylation sites is 1. The van der Waals surface area contributed by atoms with E-state index >= 15 is 0 Å². The Morgan fingerprint density at radius 2 is 0.855 bits per heavy atom. The first kappa shape index (κ1) is 31.4. The topological polar surface area (TPSA) is 14.2 Å². The summed E-state index contributed by atoms with van der Waals surface area (Å²) in [5.74, 6) is 0.871. The van der Waals surface area contributed by atoms with E-state index in [0.29, 0.717) is 0 Å². The molecule has 0 amide bonds. The Kier molecular flexibility index (Phi) is 7.11. The standard InChI is InChI=1S/C53H35NO/c1-55-43-27-24-37-30-41(22-21-38(37)32-43)53-47-18-6-4-16-45(47)52(46-17-5-7-19-48(46)53)40-14-10-13-35(29-40)39-25-28-51-49(33-39)44-15-8-9-20-50(44)54(51)42-26-23-34-11-2-3-12-36(34)31-42/h2-33H,1H3. The zero-order chi connectivity index (χ0) is 36.5. The van der Waals surface area contributed by atoms with E-state index in [1.165, 1.54) is 104 Å². The van der Waals surface area contributed by atoms with Gasteiger partial charge in [-0.2, -0.15) is 0 Å². The lowest BCUT2D eigenvalue weighted by atomic mass is 9.85. The molecule has 2 heteroatoms. The van der Waals surface area contributed by atoms with Crippen LogP contribution >= 0.6 is 0 Å². The fraction of sp³-hybridized carbons (Fsp3) is 0.0189. The normalized spacial score (nSPS) is 11.7. The lowest BCUT2D eigenvalue weighted by molar-refractivity contribution is 0.415. The van der Waals surface area contributed by atoms with Crippen molar-refractivity contribution in [3.63, 3.8) is 0 Å².